The van der Waals surface area contributed by atoms with E-state index in [0.29, 0.717) is 29.8 Å². The van der Waals surface area contributed by atoms with Gasteiger partial charge in [-0.25, -0.2) is 0 Å². The van der Waals surface area contributed by atoms with Gasteiger partial charge in [-0.15, -0.1) is 0 Å². The predicted octanol–water partition coefficient (Wildman–Crippen LogP) is 4.67. The lowest BCUT2D eigenvalue weighted by atomic mass is 10.1. The van der Waals surface area contributed by atoms with Crippen molar-refractivity contribution in [1.82, 2.24) is 4.98 Å². The predicted molar refractivity (Wildman–Crippen MR) is 110 cm³/mol. The molecule has 5 nitrogen and oxygen atoms in total. The molecule has 0 aliphatic rings. The van der Waals surface area contributed by atoms with Crippen LogP contribution in [-0.2, 0) is 11.2 Å². The highest BCUT2D eigenvalue weighted by Gasteiger charge is 2.11. The first-order chi connectivity index (χ1) is 13.1. The Morgan fingerprint density at radius 1 is 0.889 bits per heavy atom. The quantitative estimate of drug-likeness (QED) is 0.604. The summed E-state index contributed by atoms with van der Waals surface area (Å²) >= 11 is 3.49. The lowest BCUT2D eigenvalue weighted by Gasteiger charge is -2.12. The zero-order valence-electron chi connectivity index (χ0n) is 14.5. The number of anilines is 2. The first-order valence-electron chi connectivity index (χ1n) is 8.47. The summed E-state index contributed by atoms with van der Waals surface area (Å²) in [6.07, 6.45) is 4.06. The van der Waals surface area contributed by atoms with Crippen LogP contribution >= 0.6 is 15.9 Å². The van der Waals surface area contributed by atoms with Gasteiger partial charge in [-0.2, -0.15) is 0 Å². The zero-order chi connectivity index (χ0) is 19.1. The van der Waals surface area contributed by atoms with Gasteiger partial charge in [0.25, 0.3) is 5.91 Å². The molecule has 0 unspecified atom stereocenters. The van der Waals surface area contributed by atoms with Gasteiger partial charge in [0.2, 0.25) is 5.91 Å². The van der Waals surface area contributed by atoms with Gasteiger partial charge in [0.1, 0.15) is 0 Å². The molecule has 0 bridgehead atoms. The van der Waals surface area contributed by atoms with E-state index in [0.717, 1.165) is 10.0 Å². The molecule has 27 heavy (non-hydrogen) atoms. The molecule has 2 aromatic carbocycles. The summed E-state index contributed by atoms with van der Waals surface area (Å²) < 4.78 is 0.988. The molecule has 0 spiro atoms. The van der Waals surface area contributed by atoms with Crippen molar-refractivity contribution in [3.8, 4) is 0 Å². The minimum absolute atomic E-state index is 0.117. The van der Waals surface area contributed by atoms with Crippen LogP contribution in [0.4, 0.5) is 11.4 Å². The number of amides is 2. The van der Waals surface area contributed by atoms with Gasteiger partial charge < -0.3 is 10.6 Å². The standard InChI is InChI=1S/C21H18BrN3O2/c22-17-8-2-1-6-15(17)11-12-20(26)24-18-9-3-4-10-19(18)25-21(27)16-7-5-13-23-14-16/h1-10,13-14H,11-12H2,(H,24,26)(H,25,27). The average Bonchev–Trinajstić information content (AvgIpc) is 2.69. The number of carbonyl (C=O) groups excluding carboxylic acids is 2. The summed E-state index contributed by atoms with van der Waals surface area (Å²) in [5, 5.41) is 5.69. The number of aryl methyl sites for hydroxylation is 1. The van der Waals surface area contributed by atoms with Gasteiger partial charge in [0, 0.05) is 23.3 Å². The molecule has 0 atom stereocenters. The topological polar surface area (TPSA) is 71.1 Å². The number of para-hydroxylation sites is 2. The second-order valence-electron chi connectivity index (χ2n) is 5.88. The monoisotopic (exact) mass is 423 g/mol. The van der Waals surface area contributed by atoms with Gasteiger partial charge in [-0.1, -0.05) is 46.3 Å². The molecule has 3 aromatic rings. The number of nitrogens with zero attached hydrogens (tertiary/aromatic N) is 1. The summed E-state index contributed by atoms with van der Waals surface area (Å²) in [7, 11) is 0. The number of hydrogen-bond acceptors (Lipinski definition) is 3. The molecule has 136 valence electrons. The van der Waals surface area contributed by atoms with Crippen molar-refractivity contribution in [1.29, 1.82) is 0 Å². The fourth-order valence-corrected chi connectivity index (χ4v) is 3.04. The third-order valence-corrected chi connectivity index (χ3v) is 4.73. The van der Waals surface area contributed by atoms with Crippen LogP contribution in [0.25, 0.3) is 0 Å². The summed E-state index contributed by atoms with van der Waals surface area (Å²) in [4.78, 5) is 28.6. The molecule has 0 fully saturated rings. The fourth-order valence-electron chi connectivity index (χ4n) is 2.55. The fraction of sp³-hybridized carbons (Fsp3) is 0.0952. The molecule has 6 heteroatoms. The normalized spacial score (nSPS) is 10.3. The molecule has 1 aromatic heterocycles. The zero-order valence-corrected chi connectivity index (χ0v) is 16.1. The Labute approximate surface area is 166 Å². The number of carbonyl (C=O) groups is 2. The molecule has 0 aliphatic carbocycles. The van der Waals surface area contributed by atoms with E-state index in [-0.39, 0.29) is 11.8 Å². The largest absolute Gasteiger partial charge is 0.324 e. The summed E-state index contributed by atoms with van der Waals surface area (Å²) in [5.41, 5.74) is 2.63. The molecular formula is C21H18BrN3O2. The van der Waals surface area contributed by atoms with Crippen LogP contribution in [0, 0.1) is 0 Å². The Morgan fingerprint density at radius 3 is 2.30 bits per heavy atom. The van der Waals surface area contributed by atoms with Gasteiger partial charge in [0.15, 0.2) is 0 Å². The van der Waals surface area contributed by atoms with Crippen molar-refractivity contribution >= 4 is 39.1 Å². The maximum absolute atomic E-state index is 12.4. The third-order valence-electron chi connectivity index (χ3n) is 3.95. The van der Waals surface area contributed by atoms with Gasteiger partial charge in [-0.05, 0) is 42.3 Å². The number of aromatic nitrogens is 1. The molecule has 0 saturated heterocycles. The Morgan fingerprint density at radius 2 is 1.59 bits per heavy atom. The smallest absolute Gasteiger partial charge is 0.257 e. The van der Waals surface area contributed by atoms with Crippen LogP contribution in [0.3, 0.4) is 0 Å². The van der Waals surface area contributed by atoms with Crippen LogP contribution in [-0.4, -0.2) is 16.8 Å². The molecule has 0 radical (unpaired) electrons. The van der Waals surface area contributed by atoms with Gasteiger partial charge in [0.05, 0.1) is 16.9 Å². The summed E-state index contributed by atoms with van der Waals surface area (Å²) in [5.74, 6) is -0.396. The van der Waals surface area contributed by atoms with E-state index in [1.807, 2.05) is 30.3 Å². The number of rotatable bonds is 6. The van der Waals surface area contributed by atoms with E-state index >= 15 is 0 Å². The number of pyridine rings is 1. The molecule has 1 heterocycles. The molecule has 0 aliphatic heterocycles. The Bertz CT molecular complexity index is 945. The highest BCUT2D eigenvalue weighted by atomic mass is 79.9. The van der Waals surface area contributed by atoms with E-state index in [9.17, 15) is 9.59 Å². The van der Waals surface area contributed by atoms with Crippen LogP contribution in [0.1, 0.15) is 22.3 Å². The average molecular weight is 424 g/mol. The summed E-state index contributed by atoms with van der Waals surface area (Å²) in [6.45, 7) is 0. The Kier molecular flexibility index (Phi) is 6.33. The number of halogens is 1. The van der Waals surface area contributed by atoms with E-state index in [1.165, 1.54) is 6.20 Å². The third kappa shape index (κ3) is 5.24. The molecular weight excluding hydrogens is 406 g/mol. The van der Waals surface area contributed by atoms with E-state index in [1.54, 1.807) is 36.5 Å². The first-order valence-corrected chi connectivity index (χ1v) is 9.26. The van der Waals surface area contributed by atoms with Crippen molar-refractivity contribution in [2.75, 3.05) is 10.6 Å². The highest BCUT2D eigenvalue weighted by molar-refractivity contribution is 9.10. The maximum atomic E-state index is 12.4. The number of benzene rings is 2. The number of hydrogen-bond donors (Lipinski definition) is 2. The van der Waals surface area contributed by atoms with E-state index < -0.39 is 0 Å². The second kappa shape index (κ2) is 9.09. The minimum Gasteiger partial charge on any atom is -0.324 e. The number of nitrogens with one attached hydrogen (secondary N) is 2. The van der Waals surface area contributed by atoms with Crippen LogP contribution in [0.2, 0.25) is 0 Å². The molecule has 3 rings (SSSR count). The van der Waals surface area contributed by atoms with Crippen molar-refractivity contribution in [3.63, 3.8) is 0 Å². The Hall–Kier alpha value is -2.99. The van der Waals surface area contributed by atoms with E-state index in [4.69, 9.17) is 0 Å². The van der Waals surface area contributed by atoms with Crippen LogP contribution in [0.5, 0.6) is 0 Å². The highest BCUT2D eigenvalue weighted by Crippen LogP contribution is 2.23. The Balaban J connectivity index is 1.64. The second-order valence-corrected chi connectivity index (χ2v) is 6.74. The lowest BCUT2D eigenvalue weighted by Crippen LogP contribution is -2.17. The van der Waals surface area contributed by atoms with Gasteiger partial charge in [-0.3, -0.25) is 14.6 Å². The van der Waals surface area contributed by atoms with Crippen molar-refractivity contribution in [3.05, 3.63) is 88.7 Å². The van der Waals surface area contributed by atoms with Crippen LogP contribution in [0.15, 0.2) is 77.5 Å². The van der Waals surface area contributed by atoms with Crippen molar-refractivity contribution in [2.24, 2.45) is 0 Å². The maximum Gasteiger partial charge on any atom is 0.257 e. The minimum atomic E-state index is -0.280. The molecule has 0 saturated carbocycles. The van der Waals surface area contributed by atoms with Crippen molar-refractivity contribution in [2.45, 2.75) is 12.8 Å². The lowest BCUT2D eigenvalue weighted by molar-refractivity contribution is -0.116. The summed E-state index contributed by atoms with van der Waals surface area (Å²) in [6, 6.07) is 18.3. The first kappa shape index (κ1) is 18.8. The van der Waals surface area contributed by atoms with Gasteiger partial charge >= 0.3 is 0 Å². The SMILES string of the molecule is O=C(CCc1ccccc1Br)Nc1ccccc1NC(=O)c1cccnc1. The van der Waals surface area contributed by atoms with E-state index in [2.05, 4.69) is 31.5 Å². The molecule has 2 amide bonds. The molecule has 2 N–H and O–H groups in total. The van der Waals surface area contributed by atoms with Crippen LogP contribution < -0.4 is 10.6 Å². The van der Waals surface area contributed by atoms with Crippen molar-refractivity contribution < 1.29 is 9.59 Å².